The van der Waals surface area contributed by atoms with Crippen molar-refractivity contribution >= 4 is 55.1 Å². The highest BCUT2D eigenvalue weighted by Gasteiger charge is 2.23. The van der Waals surface area contributed by atoms with E-state index in [9.17, 15) is 18.0 Å². The number of para-hydroxylation sites is 1. The van der Waals surface area contributed by atoms with E-state index in [1.54, 1.807) is 24.3 Å². The Morgan fingerprint density at radius 1 is 1.19 bits per heavy atom. The Hall–Kier alpha value is -1.94. The number of hydrogen-bond donors (Lipinski definition) is 1. The van der Waals surface area contributed by atoms with Crippen LogP contribution in [0.4, 0.5) is 5.69 Å². The second kappa shape index (κ2) is 8.83. The molecule has 2 rings (SSSR count). The molecule has 0 heterocycles. The predicted molar refractivity (Wildman–Crippen MR) is 105 cm³/mol. The monoisotopic (exact) mass is 474 g/mol. The fourth-order valence-electron chi connectivity index (χ4n) is 1.99. The molecule has 0 spiro atoms. The smallest absolute Gasteiger partial charge is 0.338 e. The van der Waals surface area contributed by atoms with Crippen molar-refractivity contribution in [2.75, 3.05) is 26.0 Å². The first-order valence-corrected chi connectivity index (χ1v) is 10.2. The third kappa shape index (κ3) is 5.29. The lowest BCUT2D eigenvalue weighted by Gasteiger charge is -2.13. The summed E-state index contributed by atoms with van der Waals surface area (Å²) in [6.45, 7) is -0.529. The Bertz CT molecular complexity index is 979. The summed E-state index contributed by atoms with van der Waals surface area (Å²) in [4.78, 5) is 23.9. The molecule has 0 radical (unpaired) electrons. The average Bonchev–Trinajstić information content (AvgIpc) is 2.61. The number of ether oxygens (including phenoxy) is 1. The summed E-state index contributed by atoms with van der Waals surface area (Å²) in [6, 6.07) is 10.7. The molecule has 2 aromatic carbocycles. The number of carbonyl (C=O) groups excluding carboxylic acids is 2. The van der Waals surface area contributed by atoms with Crippen molar-refractivity contribution in [3.8, 4) is 0 Å². The van der Waals surface area contributed by atoms with Crippen LogP contribution in [0.25, 0.3) is 0 Å². The number of hydrogen-bond acceptors (Lipinski definition) is 5. The number of nitrogens with zero attached hydrogens (tertiary/aromatic N) is 1. The van der Waals surface area contributed by atoms with E-state index in [-0.39, 0.29) is 15.5 Å². The molecule has 2 aromatic rings. The van der Waals surface area contributed by atoms with Gasteiger partial charge in [0.2, 0.25) is 10.0 Å². The van der Waals surface area contributed by atoms with Crippen LogP contribution in [0.3, 0.4) is 0 Å². The fraction of sp³-hybridized carbons (Fsp3) is 0.176. The number of carbonyl (C=O) groups is 2. The minimum Gasteiger partial charge on any atom is -0.452 e. The normalized spacial score (nSPS) is 11.3. The predicted octanol–water partition coefficient (Wildman–Crippen LogP) is 3.15. The number of sulfonamides is 1. The van der Waals surface area contributed by atoms with Gasteiger partial charge in [0, 0.05) is 18.6 Å². The zero-order valence-electron chi connectivity index (χ0n) is 14.4. The van der Waals surface area contributed by atoms with E-state index in [0.29, 0.717) is 10.2 Å². The maximum Gasteiger partial charge on any atom is 0.338 e. The van der Waals surface area contributed by atoms with Gasteiger partial charge in [0.15, 0.2) is 6.61 Å². The number of nitrogens with one attached hydrogen (secondary N) is 1. The van der Waals surface area contributed by atoms with E-state index in [1.165, 1.54) is 26.2 Å². The Balaban J connectivity index is 2.08. The van der Waals surface area contributed by atoms with Crippen LogP contribution in [0.1, 0.15) is 10.4 Å². The Kier molecular flexibility index (Phi) is 6.99. The topological polar surface area (TPSA) is 92.8 Å². The fourth-order valence-corrected chi connectivity index (χ4v) is 3.77. The number of anilines is 1. The summed E-state index contributed by atoms with van der Waals surface area (Å²) in [7, 11) is -1.13. The van der Waals surface area contributed by atoms with Crippen molar-refractivity contribution in [2.24, 2.45) is 0 Å². The van der Waals surface area contributed by atoms with Gasteiger partial charge in [0.1, 0.15) is 4.90 Å². The maximum absolute atomic E-state index is 12.2. The largest absolute Gasteiger partial charge is 0.452 e. The molecule has 0 saturated heterocycles. The Morgan fingerprint density at radius 3 is 2.48 bits per heavy atom. The molecule has 0 aliphatic rings. The zero-order chi connectivity index (χ0) is 20.2. The lowest BCUT2D eigenvalue weighted by Crippen LogP contribution is -2.23. The minimum absolute atomic E-state index is 0.0214. The van der Waals surface area contributed by atoms with Crippen LogP contribution in [-0.2, 0) is 19.6 Å². The van der Waals surface area contributed by atoms with Gasteiger partial charge in [-0.3, -0.25) is 4.79 Å². The molecular weight excluding hydrogens is 460 g/mol. The lowest BCUT2D eigenvalue weighted by atomic mass is 10.2. The SMILES string of the molecule is CN(C)S(=O)(=O)c1cc(C(=O)OCC(=O)Nc2ccccc2Br)ccc1Cl. The first-order valence-electron chi connectivity index (χ1n) is 7.56. The van der Waals surface area contributed by atoms with Crippen LogP contribution in [-0.4, -0.2) is 45.3 Å². The van der Waals surface area contributed by atoms with Gasteiger partial charge in [-0.25, -0.2) is 17.5 Å². The quantitative estimate of drug-likeness (QED) is 0.648. The van der Waals surface area contributed by atoms with Gasteiger partial charge in [-0.2, -0.15) is 0 Å². The third-order valence-electron chi connectivity index (χ3n) is 3.41. The molecule has 0 aliphatic carbocycles. The van der Waals surface area contributed by atoms with Crippen LogP contribution >= 0.6 is 27.5 Å². The second-order valence-corrected chi connectivity index (χ2v) is 8.92. The highest BCUT2D eigenvalue weighted by atomic mass is 79.9. The number of rotatable bonds is 6. The summed E-state index contributed by atoms with van der Waals surface area (Å²) in [5, 5.41) is 2.57. The Labute approximate surface area is 170 Å². The minimum atomic E-state index is -3.83. The molecular formula is C17H16BrClN2O5S. The highest BCUT2D eigenvalue weighted by Crippen LogP contribution is 2.25. The number of esters is 1. The molecule has 0 aromatic heterocycles. The van der Waals surface area contributed by atoms with Crippen LogP contribution in [0.5, 0.6) is 0 Å². The highest BCUT2D eigenvalue weighted by molar-refractivity contribution is 9.10. The van der Waals surface area contributed by atoms with E-state index < -0.39 is 28.5 Å². The van der Waals surface area contributed by atoms with Crippen LogP contribution in [0.2, 0.25) is 5.02 Å². The zero-order valence-corrected chi connectivity index (χ0v) is 17.6. The van der Waals surface area contributed by atoms with Crippen molar-refractivity contribution in [3.63, 3.8) is 0 Å². The van der Waals surface area contributed by atoms with Crippen molar-refractivity contribution in [2.45, 2.75) is 4.90 Å². The molecule has 7 nitrogen and oxygen atoms in total. The maximum atomic E-state index is 12.2. The molecule has 0 saturated carbocycles. The van der Waals surface area contributed by atoms with Gasteiger partial charge in [0.25, 0.3) is 5.91 Å². The summed E-state index contributed by atoms with van der Waals surface area (Å²) in [5.74, 6) is -1.38. The number of benzene rings is 2. The van der Waals surface area contributed by atoms with Crippen LogP contribution < -0.4 is 5.32 Å². The number of amides is 1. The second-order valence-electron chi connectivity index (χ2n) is 5.54. The van der Waals surface area contributed by atoms with Crippen LogP contribution in [0.15, 0.2) is 51.8 Å². The molecule has 1 N–H and O–H groups in total. The van der Waals surface area contributed by atoms with E-state index in [4.69, 9.17) is 16.3 Å². The number of halogens is 2. The molecule has 0 fully saturated rings. The van der Waals surface area contributed by atoms with E-state index >= 15 is 0 Å². The summed E-state index contributed by atoms with van der Waals surface area (Å²) >= 11 is 9.23. The van der Waals surface area contributed by atoms with E-state index in [1.807, 2.05) is 0 Å². The van der Waals surface area contributed by atoms with E-state index in [0.717, 1.165) is 10.4 Å². The third-order valence-corrected chi connectivity index (χ3v) is 6.40. The Morgan fingerprint density at radius 2 is 1.85 bits per heavy atom. The molecule has 144 valence electrons. The molecule has 10 heteroatoms. The molecule has 1 amide bonds. The van der Waals surface area contributed by atoms with Crippen molar-refractivity contribution in [3.05, 3.63) is 57.5 Å². The molecule has 0 bridgehead atoms. The molecule has 0 aliphatic heterocycles. The average molecular weight is 476 g/mol. The summed E-state index contributed by atoms with van der Waals surface area (Å²) < 4.78 is 31.1. The van der Waals surface area contributed by atoms with Gasteiger partial charge in [-0.05, 0) is 46.3 Å². The summed E-state index contributed by atoms with van der Waals surface area (Å²) in [6.07, 6.45) is 0. The van der Waals surface area contributed by atoms with Gasteiger partial charge in [-0.1, -0.05) is 23.7 Å². The molecule has 0 unspecified atom stereocenters. The van der Waals surface area contributed by atoms with Crippen LogP contribution in [0, 0.1) is 0 Å². The van der Waals surface area contributed by atoms with Gasteiger partial charge >= 0.3 is 5.97 Å². The van der Waals surface area contributed by atoms with Gasteiger partial charge in [-0.15, -0.1) is 0 Å². The van der Waals surface area contributed by atoms with Crippen molar-refractivity contribution in [1.82, 2.24) is 4.31 Å². The first kappa shape index (κ1) is 21.4. The summed E-state index contributed by atoms with van der Waals surface area (Å²) in [5.41, 5.74) is 0.498. The first-order chi connectivity index (χ1) is 12.6. The standard InChI is InChI=1S/C17H16BrClN2O5S/c1-21(2)27(24,25)15-9-11(7-8-13(15)19)17(23)26-10-16(22)20-14-6-4-3-5-12(14)18/h3-9H,10H2,1-2H3,(H,20,22). The molecule has 0 atom stereocenters. The van der Waals surface area contributed by atoms with Crippen molar-refractivity contribution in [1.29, 1.82) is 0 Å². The van der Waals surface area contributed by atoms with Gasteiger partial charge < -0.3 is 10.1 Å². The van der Waals surface area contributed by atoms with E-state index in [2.05, 4.69) is 21.2 Å². The van der Waals surface area contributed by atoms with Crippen molar-refractivity contribution < 1.29 is 22.7 Å². The lowest BCUT2D eigenvalue weighted by molar-refractivity contribution is -0.119. The van der Waals surface area contributed by atoms with Gasteiger partial charge in [0.05, 0.1) is 16.3 Å². The molecule has 27 heavy (non-hydrogen) atoms.